The maximum Gasteiger partial charge on any atom is 0.309 e. The molecular formula is C13H16ClNO3. The predicted molar refractivity (Wildman–Crippen MR) is 70.9 cm³/mol. The maximum absolute atomic E-state index is 12.0. The van der Waals surface area contributed by atoms with Crippen molar-refractivity contribution in [2.24, 2.45) is 5.41 Å². The van der Waals surface area contributed by atoms with Crippen LogP contribution in [0.5, 0.6) is 0 Å². The molecule has 0 saturated heterocycles. The van der Waals surface area contributed by atoms with Gasteiger partial charge in [-0.25, -0.2) is 0 Å². The summed E-state index contributed by atoms with van der Waals surface area (Å²) in [7, 11) is 1.61. The van der Waals surface area contributed by atoms with Gasteiger partial charge in [-0.05, 0) is 38.1 Å². The summed E-state index contributed by atoms with van der Waals surface area (Å²) < 4.78 is 0. The van der Waals surface area contributed by atoms with E-state index >= 15 is 0 Å². The third kappa shape index (κ3) is 3.47. The molecule has 0 spiro atoms. The van der Waals surface area contributed by atoms with Crippen LogP contribution in [0.1, 0.15) is 20.3 Å². The van der Waals surface area contributed by atoms with Crippen molar-refractivity contribution in [2.45, 2.75) is 20.3 Å². The minimum absolute atomic E-state index is 0.0541. The molecule has 0 heterocycles. The van der Waals surface area contributed by atoms with E-state index in [9.17, 15) is 9.59 Å². The Morgan fingerprint density at radius 3 is 2.22 bits per heavy atom. The van der Waals surface area contributed by atoms with Crippen LogP contribution in [0.3, 0.4) is 0 Å². The zero-order valence-electron chi connectivity index (χ0n) is 10.6. The number of carboxylic acid groups (broad SMARTS) is 1. The third-order valence-electron chi connectivity index (χ3n) is 2.76. The highest BCUT2D eigenvalue weighted by Gasteiger charge is 2.31. The standard InChI is InChI=1S/C13H16ClNO3/c1-13(2,12(17)18)8-11(16)15(3)10-6-4-9(14)5-7-10/h4-7H,8H2,1-3H3,(H,17,18). The van der Waals surface area contributed by atoms with E-state index in [2.05, 4.69) is 0 Å². The number of benzene rings is 1. The van der Waals surface area contributed by atoms with Gasteiger partial charge in [0.15, 0.2) is 0 Å². The number of carbonyl (C=O) groups excluding carboxylic acids is 1. The van der Waals surface area contributed by atoms with Crippen molar-refractivity contribution in [1.82, 2.24) is 0 Å². The van der Waals surface area contributed by atoms with E-state index < -0.39 is 11.4 Å². The van der Waals surface area contributed by atoms with Crippen molar-refractivity contribution in [1.29, 1.82) is 0 Å². The minimum Gasteiger partial charge on any atom is -0.481 e. The topological polar surface area (TPSA) is 57.6 Å². The molecule has 0 saturated carbocycles. The van der Waals surface area contributed by atoms with Gasteiger partial charge < -0.3 is 10.0 Å². The third-order valence-corrected chi connectivity index (χ3v) is 3.01. The highest BCUT2D eigenvalue weighted by Crippen LogP contribution is 2.24. The zero-order chi connectivity index (χ0) is 13.9. The summed E-state index contributed by atoms with van der Waals surface area (Å²) in [6.45, 7) is 3.06. The van der Waals surface area contributed by atoms with Crippen LogP contribution in [0, 0.1) is 5.41 Å². The Morgan fingerprint density at radius 2 is 1.78 bits per heavy atom. The molecule has 18 heavy (non-hydrogen) atoms. The number of halogens is 1. The van der Waals surface area contributed by atoms with Gasteiger partial charge in [0.2, 0.25) is 5.91 Å². The summed E-state index contributed by atoms with van der Waals surface area (Å²) >= 11 is 5.76. The number of rotatable bonds is 4. The summed E-state index contributed by atoms with van der Waals surface area (Å²) in [4.78, 5) is 24.4. The van der Waals surface area contributed by atoms with Crippen molar-refractivity contribution >= 4 is 29.2 Å². The van der Waals surface area contributed by atoms with Crippen LogP contribution in [-0.4, -0.2) is 24.0 Å². The van der Waals surface area contributed by atoms with Crippen LogP contribution in [0.15, 0.2) is 24.3 Å². The largest absolute Gasteiger partial charge is 0.481 e. The monoisotopic (exact) mass is 269 g/mol. The number of carboxylic acids is 1. The Balaban J connectivity index is 2.79. The Labute approximate surface area is 111 Å². The Morgan fingerprint density at radius 1 is 1.28 bits per heavy atom. The lowest BCUT2D eigenvalue weighted by molar-refractivity contribution is -0.149. The lowest BCUT2D eigenvalue weighted by Crippen LogP contribution is -2.34. The Kier molecular flexibility index (Phi) is 4.35. The quantitative estimate of drug-likeness (QED) is 0.914. The molecule has 98 valence electrons. The van der Waals surface area contributed by atoms with Gasteiger partial charge in [-0.1, -0.05) is 11.6 Å². The molecular weight excluding hydrogens is 254 g/mol. The normalized spacial score (nSPS) is 11.1. The summed E-state index contributed by atoms with van der Waals surface area (Å²) in [6.07, 6.45) is -0.0541. The average molecular weight is 270 g/mol. The molecule has 5 heteroatoms. The highest BCUT2D eigenvalue weighted by atomic mass is 35.5. The number of hydrogen-bond donors (Lipinski definition) is 1. The van der Waals surface area contributed by atoms with Crippen molar-refractivity contribution in [3.8, 4) is 0 Å². The Hall–Kier alpha value is -1.55. The lowest BCUT2D eigenvalue weighted by Gasteiger charge is -2.23. The van der Waals surface area contributed by atoms with Crippen molar-refractivity contribution in [2.75, 3.05) is 11.9 Å². The molecule has 0 fully saturated rings. The summed E-state index contributed by atoms with van der Waals surface area (Å²) in [5.74, 6) is -1.23. The van der Waals surface area contributed by atoms with Crippen molar-refractivity contribution in [3.05, 3.63) is 29.3 Å². The zero-order valence-corrected chi connectivity index (χ0v) is 11.4. The van der Waals surface area contributed by atoms with Gasteiger partial charge in [0, 0.05) is 24.2 Å². The summed E-state index contributed by atoms with van der Waals surface area (Å²) in [5, 5.41) is 9.58. The van der Waals surface area contributed by atoms with E-state index in [0.29, 0.717) is 10.7 Å². The molecule has 4 nitrogen and oxygen atoms in total. The average Bonchev–Trinajstić information content (AvgIpc) is 2.28. The van der Waals surface area contributed by atoms with Gasteiger partial charge in [0.05, 0.1) is 5.41 Å². The van der Waals surface area contributed by atoms with Gasteiger partial charge in [-0.3, -0.25) is 9.59 Å². The second-order valence-electron chi connectivity index (χ2n) is 4.79. The van der Waals surface area contributed by atoms with Gasteiger partial charge >= 0.3 is 5.97 Å². The van der Waals surface area contributed by atoms with Crippen LogP contribution in [0.4, 0.5) is 5.69 Å². The number of amides is 1. The first kappa shape index (κ1) is 14.5. The van der Waals surface area contributed by atoms with Crippen LogP contribution in [0.25, 0.3) is 0 Å². The van der Waals surface area contributed by atoms with Gasteiger partial charge in [0.1, 0.15) is 0 Å². The van der Waals surface area contributed by atoms with E-state index in [-0.39, 0.29) is 12.3 Å². The van der Waals surface area contributed by atoms with E-state index in [1.807, 2.05) is 0 Å². The fourth-order valence-electron chi connectivity index (χ4n) is 1.38. The van der Waals surface area contributed by atoms with Gasteiger partial charge in [-0.2, -0.15) is 0 Å². The molecule has 1 aromatic carbocycles. The molecule has 0 aliphatic rings. The Bertz CT molecular complexity index is 454. The molecule has 0 atom stereocenters. The molecule has 0 aromatic heterocycles. The summed E-state index contributed by atoms with van der Waals surface area (Å²) in [5.41, 5.74) is -0.386. The van der Waals surface area contributed by atoms with E-state index in [0.717, 1.165) is 0 Å². The molecule has 0 aliphatic heterocycles. The first-order valence-corrected chi connectivity index (χ1v) is 5.87. The fourth-order valence-corrected chi connectivity index (χ4v) is 1.51. The fraction of sp³-hybridized carbons (Fsp3) is 0.385. The number of carbonyl (C=O) groups is 2. The molecule has 0 bridgehead atoms. The van der Waals surface area contributed by atoms with Crippen LogP contribution in [-0.2, 0) is 9.59 Å². The second-order valence-corrected chi connectivity index (χ2v) is 5.23. The number of aliphatic carboxylic acids is 1. The van der Waals surface area contributed by atoms with Gasteiger partial charge in [-0.15, -0.1) is 0 Å². The molecule has 0 unspecified atom stereocenters. The second kappa shape index (κ2) is 5.40. The van der Waals surface area contributed by atoms with E-state index in [4.69, 9.17) is 16.7 Å². The van der Waals surface area contributed by atoms with Crippen LogP contribution < -0.4 is 4.90 Å². The lowest BCUT2D eigenvalue weighted by atomic mass is 9.89. The van der Waals surface area contributed by atoms with Gasteiger partial charge in [0.25, 0.3) is 0 Å². The SMILES string of the molecule is CN(C(=O)CC(C)(C)C(=O)O)c1ccc(Cl)cc1. The first-order chi connectivity index (χ1) is 8.24. The maximum atomic E-state index is 12.0. The highest BCUT2D eigenvalue weighted by molar-refractivity contribution is 6.30. The van der Waals surface area contributed by atoms with E-state index in [1.54, 1.807) is 31.3 Å². The molecule has 0 radical (unpaired) electrons. The molecule has 1 rings (SSSR count). The minimum atomic E-state index is -1.07. The number of nitrogens with zero attached hydrogens (tertiary/aromatic N) is 1. The van der Waals surface area contributed by atoms with Crippen LogP contribution >= 0.6 is 11.6 Å². The van der Waals surface area contributed by atoms with Crippen molar-refractivity contribution in [3.63, 3.8) is 0 Å². The molecule has 1 amide bonds. The number of anilines is 1. The number of hydrogen-bond acceptors (Lipinski definition) is 2. The smallest absolute Gasteiger partial charge is 0.309 e. The molecule has 1 N–H and O–H groups in total. The molecule has 1 aromatic rings. The van der Waals surface area contributed by atoms with Crippen molar-refractivity contribution < 1.29 is 14.7 Å². The van der Waals surface area contributed by atoms with E-state index in [1.165, 1.54) is 18.7 Å². The van der Waals surface area contributed by atoms with Crippen LogP contribution in [0.2, 0.25) is 5.02 Å². The molecule has 0 aliphatic carbocycles. The first-order valence-electron chi connectivity index (χ1n) is 5.49. The summed E-state index contributed by atoms with van der Waals surface area (Å²) in [6, 6.07) is 6.80. The predicted octanol–water partition coefficient (Wildman–Crippen LogP) is 2.80.